The van der Waals surface area contributed by atoms with Crippen LogP contribution in [0, 0.1) is 23.5 Å². The maximum absolute atomic E-state index is 14.2. The van der Waals surface area contributed by atoms with Gasteiger partial charge in [0, 0.05) is 23.4 Å². The van der Waals surface area contributed by atoms with Gasteiger partial charge in [-0.25, -0.2) is 39.0 Å². The second-order valence-corrected chi connectivity index (χ2v) is 20.2. The van der Waals surface area contributed by atoms with Crippen LogP contribution >= 0.6 is 11.6 Å². The van der Waals surface area contributed by atoms with E-state index in [0.29, 0.717) is 53.6 Å². The fourth-order valence-electron chi connectivity index (χ4n) is 6.17. The second kappa shape index (κ2) is 13.8. The molecular weight excluding hydrogens is 789 g/mol. The minimum Gasteiger partial charge on any atom is -0.322 e. The summed E-state index contributed by atoms with van der Waals surface area (Å²) in [5, 5.41) is 3.10. The van der Waals surface area contributed by atoms with E-state index in [9.17, 15) is 47.2 Å². The number of sulfone groups is 1. The molecule has 0 saturated carbocycles. The number of rotatable bonds is 9. The quantitative estimate of drug-likeness (QED) is 0.176. The summed E-state index contributed by atoms with van der Waals surface area (Å²) in [6, 6.07) is 4.09. The standard InChI is InChI=1S/C33H33ClF5N5O6S3/c1-32(2,51(3,45)46)12-11-26-21-7-6-8-22(21)27(29(41-26)25(40)15-18-13-19(35)16-20(36)14-18)23-9-10-24(34)28-30(23)43(17-33(37,38)39)42-31(28)44(52(4,47)48)53(5,49)50/h9-10,13-14,16,25H,6-8,15,17,40H2,1-5H3/t25-/m0/s1. The van der Waals surface area contributed by atoms with Gasteiger partial charge in [-0.1, -0.05) is 23.6 Å². The Balaban J connectivity index is 1.93. The van der Waals surface area contributed by atoms with E-state index in [1.165, 1.54) is 26.0 Å². The van der Waals surface area contributed by atoms with Crippen molar-refractivity contribution in [3.05, 3.63) is 75.1 Å². The number of pyridine rings is 1. The first kappa shape index (κ1) is 40.4. The topological polar surface area (TPSA) is 162 Å². The molecule has 2 aromatic carbocycles. The first-order chi connectivity index (χ1) is 24.2. The smallest absolute Gasteiger partial charge is 0.322 e. The Morgan fingerprint density at radius 1 is 0.962 bits per heavy atom. The molecule has 11 nitrogen and oxygen atoms in total. The first-order valence-electron chi connectivity index (χ1n) is 15.6. The minimum atomic E-state index is -4.95. The molecule has 0 unspecified atom stereocenters. The number of aromatic nitrogens is 3. The fourth-order valence-corrected chi connectivity index (χ4v) is 9.49. The molecule has 0 fully saturated rings. The molecule has 0 radical (unpaired) electrons. The molecule has 1 aliphatic rings. The molecule has 0 bridgehead atoms. The summed E-state index contributed by atoms with van der Waals surface area (Å²) in [5.41, 5.74) is 7.70. The van der Waals surface area contributed by atoms with Crippen LogP contribution in [0.4, 0.5) is 27.8 Å². The molecule has 0 spiro atoms. The Hall–Kier alpha value is -3.83. The Kier molecular flexibility index (Phi) is 10.5. The van der Waals surface area contributed by atoms with Crippen molar-refractivity contribution in [3.63, 3.8) is 0 Å². The second-order valence-electron chi connectivity index (χ2n) is 13.3. The van der Waals surface area contributed by atoms with E-state index < -0.39 is 81.7 Å². The predicted octanol–water partition coefficient (Wildman–Crippen LogP) is 5.22. The minimum absolute atomic E-state index is 0.00945. The van der Waals surface area contributed by atoms with Gasteiger partial charge in [0.1, 0.15) is 28.6 Å². The van der Waals surface area contributed by atoms with Gasteiger partial charge in [-0.2, -0.15) is 18.3 Å². The zero-order valence-electron chi connectivity index (χ0n) is 28.8. The normalized spacial score (nSPS) is 14.6. The van der Waals surface area contributed by atoms with Crippen LogP contribution in [-0.2, 0) is 55.7 Å². The Bertz CT molecular complexity index is 2510. The number of fused-ring (bicyclic) bond motifs is 2. The molecule has 0 saturated heterocycles. The van der Waals surface area contributed by atoms with Gasteiger partial charge in [0.05, 0.1) is 40.2 Å². The predicted molar refractivity (Wildman–Crippen MR) is 191 cm³/mol. The highest BCUT2D eigenvalue weighted by molar-refractivity contribution is 8.09. The average Bonchev–Trinajstić information content (AvgIpc) is 3.59. The highest BCUT2D eigenvalue weighted by Crippen LogP contribution is 2.46. The van der Waals surface area contributed by atoms with Gasteiger partial charge in [0.15, 0.2) is 15.7 Å². The molecule has 4 aromatic rings. The molecule has 2 heterocycles. The fraction of sp³-hybridized carbons (Fsp3) is 0.394. The number of anilines is 1. The number of hydrogen-bond donors (Lipinski definition) is 1. The SMILES string of the molecule is CC(C)(C#Cc1nc([C@@H](N)Cc2cc(F)cc(F)c2)c(-c2ccc(Cl)c3c(N(S(C)(=O)=O)S(C)(=O)=O)nn(CC(F)(F)F)c23)c2c1CCC2)S(C)(=O)=O. The Labute approximate surface area is 308 Å². The lowest BCUT2D eigenvalue weighted by molar-refractivity contribution is -0.141. The largest absolute Gasteiger partial charge is 0.408 e. The highest BCUT2D eigenvalue weighted by atomic mass is 35.5. The maximum atomic E-state index is 14.2. The van der Waals surface area contributed by atoms with Crippen LogP contribution in [0.1, 0.15) is 54.4 Å². The highest BCUT2D eigenvalue weighted by Gasteiger charge is 2.38. The molecule has 20 heteroatoms. The molecular formula is C33H33ClF5N5O6S3. The van der Waals surface area contributed by atoms with Crippen molar-refractivity contribution in [1.82, 2.24) is 14.8 Å². The van der Waals surface area contributed by atoms with Gasteiger partial charge < -0.3 is 5.73 Å². The van der Waals surface area contributed by atoms with Gasteiger partial charge in [-0.05, 0) is 80.3 Å². The van der Waals surface area contributed by atoms with E-state index >= 15 is 0 Å². The number of alkyl halides is 3. The molecule has 53 heavy (non-hydrogen) atoms. The van der Waals surface area contributed by atoms with Crippen LogP contribution in [0.5, 0.6) is 0 Å². The van der Waals surface area contributed by atoms with E-state index in [1.807, 2.05) is 0 Å². The van der Waals surface area contributed by atoms with Gasteiger partial charge >= 0.3 is 6.18 Å². The summed E-state index contributed by atoms with van der Waals surface area (Å²) in [7, 11) is -13.1. The monoisotopic (exact) mass is 821 g/mol. The third-order valence-electron chi connectivity index (χ3n) is 8.63. The molecule has 286 valence electrons. The van der Waals surface area contributed by atoms with E-state index in [2.05, 4.69) is 16.9 Å². The van der Waals surface area contributed by atoms with Crippen molar-refractivity contribution < 1.29 is 47.2 Å². The average molecular weight is 822 g/mol. The number of sulfonamides is 2. The summed E-state index contributed by atoms with van der Waals surface area (Å²) in [5.74, 6) is 2.88. The van der Waals surface area contributed by atoms with Gasteiger partial charge in [-0.15, -0.1) is 3.71 Å². The van der Waals surface area contributed by atoms with Crippen molar-refractivity contribution in [3.8, 4) is 23.0 Å². The van der Waals surface area contributed by atoms with E-state index in [1.54, 1.807) is 0 Å². The lowest BCUT2D eigenvalue weighted by Gasteiger charge is -2.22. The molecule has 0 aliphatic heterocycles. The number of nitrogens with two attached hydrogens (primary N) is 1. The molecule has 5 rings (SSSR count). The van der Waals surface area contributed by atoms with Crippen LogP contribution in [0.3, 0.4) is 0 Å². The Morgan fingerprint density at radius 3 is 2.09 bits per heavy atom. The summed E-state index contributed by atoms with van der Waals surface area (Å²) in [6.07, 6.45) is -1.94. The zero-order chi connectivity index (χ0) is 39.6. The molecule has 1 aliphatic carbocycles. The maximum Gasteiger partial charge on any atom is 0.408 e. The number of benzene rings is 2. The van der Waals surface area contributed by atoms with Crippen LogP contribution in [0.2, 0.25) is 5.02 Å². The molecule has 0 amide bonds. The van der Waals surface area contributed by atoms with Crippen LogP contribution in [0.25, 0.3) is 22.0 Å². The van der Waals surface area contributed by atoms with Crippen molar-refractivity contribution in [2.75, 3.05) is 22.5 Å². The summed E-state index contributed by atoms with van der Waals surface area (Å²) in [4.78, 5) is 4.73. The van der Waals surface area contributed by atoms with E-state index in [4.69, 9.17) is 22.3 Å². The van der Waals surface area contributed by atoms with Crippen molar-refractivity contribution in [2.24, 2.45) is 5.73 Å². The van der Waals surface area contributed by atoms with E-state index in [0.717, 1.165) is 18.4 Å². The first-order valence-corrected chi connectivity index (χ1v) is 21.6. The van der Waals surface area contributed by atoms with Crippen molar-refractivity contribution in [1.29, 1.82) is 0 Å². The number of nitrogens with zero attached hydrogens (tertiary/aromatic N) is 4. The number of halogens is 6. The number of hydrogen-bond acceptors (Lipinski definition) is 9. The van der Waals surface area contributed by atoms with Crippen LogP contribution < -0.4 is 9.44 Å². The van der Waals surface area contributed by atoms with Crippen LogP contribution in [-0.4, -0.2) is 69.7 Å². The van der Waals surface area contributed by atoms with E-state index in [-0.39, 0.29) is 43.2 Å². The molecule has 2 aromatic heterocycles. The van der Waals surface area contributed by atoms with Gasteiger partial charge in [-0.3, -0.25) is 4.68 Å². The summed E-state index contributed by atoms with van der Waals surface area (Å²) in [6.45, 7) is 0.992. The van der Waals surface area contributed by atoms with Gasteiger partial charge in [0.25, 0.3) is 0 Å². The molecule has 2 N–H and O–H groups in total. The summed E-state index contributed by atoms with van der Waals surface area (Å²) >= 11 is 6.52. The third kappa shape index (κ3) is 8.31. The van der Waals surface area contributed by atoms with Crippen LogP contribution in [0.15, 0.2) is 30.3 Å². The Morgan fingerprint density at radius 2 is 1.55 bits per heavy atom. The zero-order valence-corrected chi connectivity index (χ0v) is 32.0. The van der Waals surface area contributed by atoms with Crippen molar-refractivity contribution in [2.45, 2.75) is 63.0 Å². The lowest BCUT2D eigenvalue weighted by Crippen LogP contribution is -2.36. The van der Waals surface area contributed by atoms with Crippen molar-refractivity contribution >= 4 is 58.2 Å². The van der Waals surface area contributed by atoms with Gasteiger partial charge in [0.2, 0.25) is 20.0 Å². The molecule has 1 atom stereocenters. The summed E-state index contributed by atoms with van der Waals surface area (Å²) < 4.78 is 146. The third-order valence-corrected chi connectivity index (χ3v) is 14.1. The lowest BCUT2D eigenvalue weighted by atomic mass is 9.89.